The smallest absolute Gasteiger partial charge is 0.272 e. The molecular formula is C26H25N5O3. The molecule has 1 aliphatic heterocycles. The number of benzene rings is 2. The number of anilines is 1. The number of rotatable bonds is 6. The number of amides is 2. The minimum absolute atomic E-state index is 0.0399. The minimum atomic E-state index is -0.303. The van der Waals surface area contributed by atoms with E-state index in [9.17, 15) is 9.59 Å². The van der Waals surface area contributed by atoms with Crippen molar-refractivity contribution in [2.24, 2.45) is 0 Å². The van der Waals surface area contributed by atoms with Crippen LogP contribution in [0.5, 0.6) is 0 Å². The highest BCUT2D eigenvalue weighted by Gasteiger charge is 2.21. The summed E-state index contributed by atoms with van der Waals surface area (Å²) in [4.78, 5) is 30.4. The average molecular weight is 456 g/mol. The van der Waals surface area contributed by atoms with E-state index in [0.29, 0.717) is 31.0 Å². The van der Waals surface area contributed by atoms with Gasteiger partial charge in [0.05, 0.1) is 12.2 Å². The van der Waals surface area contributed by atoms with E-state index >= 15 is 0 Å². The van der Waals surface area contributed by atoms with Gasteiger partial charge in [0.1, 0.15) is 0 Å². The van der Waals surface area contributed by atoms with Crippen molar-refractivity contribution in [3.8, 4) is 0 Å². The van der Waals surface area contributed by atoms with E-state index in [1.165, 1.54) is 0 Å². The highest BCUT2D eigenvalue weighted by atomic mass is 16.5. The summed E-state index contributed by atoms with van der Waals surface area (Å²) < 4.78 is 7.20. The number of nitrogens with one attached hydrogen (secondary N) is 2. The van der Waals surface area contributed by atoms with Gasteiger partial charge in [0.2, 0.25) is 0 Å². The van der Waals surface area contributed by atoms with Crippen LogP contribution in [0.4, 0.5) is 5.69 Å². The van der Waals surface area contributed by atoms with Crippen molar-refractivity contribution in [3.05, 3.63) is 90.0 Å². The number of hydrogen-bond acceptors (Lipinski definition) is 5. The van der Waals surface area contributed by atoms with Crippen LogP contribution in [0.2, 0.25) is 0 Å². The molecule has 2 aromatic heterocycles. The fourth-order valence-electron chi connectivity index (χ4n) is 4.24. The van der Waals surface area contributed by atoms with Gasteiger partial charge in [-0.3, -0.25) is 14.3 Å². The number of ether oxygens (including phenoxy) is 1. The first-order valence-corrected chi connectivity index (χ1v) is 11.3. The summed E-state index contributed by atoms with van der Waals surface area (Å²) in [5.74, 6) is -0.600. The number of carbonyl (C=O) groups is 2. The summed E-state index contributed by atoms with van der Waals surface area (Å²) >= 11 is 0. The van der Waals surface area contributed by atoms with E-state index in [1.807, 2.05) is 53.3 Å². The highest BCUT2D eigenvalue weighted by molar-refractivity contribution is 6.15. The molecule has 2 amide bonds. The molecule has 2 N–H and O–H groups in total. The van der Waals surface area contributed by atoms with E-state index in [0.717, 1.165) is 29.2 Å². The van der Waals surface area contributed by atoms with E-state index in [2.05, 4.69) is 20.7 Å². The number of nitrogens with zero attached hydrogens (tertiary/aromatic N) is 3. The molecule has 0 saturated carbocycles. The molecule has 1 saturated heterocycles. The van der Waals surface area contributed by atoms with Crippen molar-refractivity contribution in [2.45, 2.75) is 25.4 Å². The lowest BCUT2D eigenvalue weighted by atomic mass is 9.99. The van der Waals surface area contributed by atoms with Gasteiger partial charge in [-0.25, -0.2) is 4.98 Å². The lowest BCUT2D eigenvalue weighted by molar-refractivity contribution is 0.0694. The maximum atomic E-state index is 13.3. The molecule has 0 spiro atoms. The van der Waals surface area contributed by atoms with Crippen molar-refractivity contribution in [3.63, 3.8) is 0 Å². The zero-order valence-corrected chi connectivity index (χ0v) is 18.6. The molecule has 8 nitrogen and oxygen atoms in total. The standard InChI is InChI=1S/C26H25N5O3/c32-25(30-23-7-3-12-27-24(23)26(33)29-19-10-15-34-16-11-19)22-9-8-18(17-31-14-4-13-28-31)20-5-1-2-6-21(20)22/h1-9,12-14,19H,10-11,15-17H2,(H,29,33)(H,30,32). The Morgan fingerprint density at radius 2 is 1.76 bits per heavy atom. The second-order valence-corrected chi connectivity index (χ2v) is 8.24. The molecule has 0 unspecified atom stereocenters. The third kappa shape index (κ3) is 4.67. The normalized spacial score (nSPS) is 14.1. The van der Waals surface area contributed by atoms with Crippen LogP contribution in [0.15, 0.2) is 73.2 Å². The van der Waals surface area contributed by atoms with Gasteiger partial charge in [-0.2, -0.15) is 5.10 Å². The first-order chi connectivity index (χ1) is 16.7. The zero-order chi connectivity index (χ0) is 23.3. The molecular weight excluding hydrogens is 430 g/mol. The van der Waals surface area contributed by atoms with Crippen LogP contribution in [-0.4, -0.2) is 45.8 Å². The van der Waals surface area contributed by atoms with Gasteiger partial charge < -0.3 is 15.4 Å². The van der Waals surface area contributed by atoms with Crippen molar-refractivity contribution in [2.75, 3.05) is 18.5 Å². The molecule has 4 aromatic rings. The van der Waals surface area contributed by atoms with Crippen molar-refractivity contribution < 1.29 is 14.3 Å². The molecule has 2 aromatic carbocycles. The Balaban J connectivity index is 1.40. The molecule has 0 atom stereocenters. The number of pyridine rings is 1. The van der Waals surface area contributed by atoms with Crippen LogP contribution in [0, 0.1) is 0 Å². The summed E-state index contributed by atoms with van der Waals surface area (Å²) in [5.41, 5.74) is 2.16. The Kier molecular flexibility index (Phi) is 6.31. The SMILES string of the molecule is O=C(NC1CCOCC1)c1ncccc1NC(=O)c1ccc(Cn2cccn2)c2ccccc12. The zero-order valence-electron chi connectivity index (χ0n) is 18.6. The first-order valence-electron chi connectivity index (χ1n) is 11.3. The van der Waals surface area contributed by atoms with Crippen LogP contribution in [0.3, 0.4) is 0 Å². The molecule has 8 heteroatoms. The van der Waals surface area contributed by atoms with E-state index < -0.39 is 0 Å². The fourth-order valence-corrected chi connectivity index (χ4v) is 4.24. The lowest BCUT2D eigenvalue weighted by Crippen LogP contribution is -2.39. The molecule has 172 valence electrons. The highest BCUT2D eigenvalue weighted by Crippen LogP contribution is 2.25. The first kappa shape index (κ1) is 21.8. The molecule has 3 heterocycles. The Morgan fingerprint density at radius 1 is 0.941 bits per heavy atom. The van der Waals surface area contributed by atoms with Gasteiger partial charge in [-0.05, 0) is 53.4 Å². The van der Waals surface area contributed by atoms with Crippen LogP contribution in [0.1, 0.15) is 39.3 Å². The van der Waals surface area contributed by atoms with Crippen LogP contribution in [0.25, 0.3) is 10.8 Å². The molecule has 34 heavy (non-hydrogen) atoms. The van der Waals surface area contributed by atoms with Crippen LogP contribution >= 0.6 is 0 Å². The number of carbonyl (C=O) groups excluding carboxylic acids is 2. The Labute approximate surface area is 197 Å². The topological polar surface area (TPSA) is 98.1 Å². The molecule has 0 aliphatic carbocycles. The van der Waals surface area contributed by atoms with Crippen LogP contribution in [-0.2, 0) is 11.3 Å². The Morgan fingerprint density at radius 3 is 2.56 bits per heavy atom. The summed E-state index contributed by atoms with van der Waals surface area (Å²) in [6.07, 6.45) is 6.72. The number of fused-ring (bicyclic) bond motifs is 1. The predicted octanol–water partition coefficient (Wildman–Crippen LogP) is 3.64. The summed E-state index contributed by atoms with van der Waals surface area (Å²) in [6, 6.07) is 16.9. The summed E-state index contributed by atoms with van der Waals surface area (Å²) in [6.45, 7) is 1.86. The second kappa shape index (κ2) is 9.84. The fraction of sp³-hybridized carbons (Fsp3) is 0.231. The van der Waals surface area contributed by atoms with E-state index in [1.54, 1.807) is 24.5 Å². The van der Waals surface area contributed by atoms with Gasteiger partial charge in [0, 0.05) is 43.4 Å². The average Bonchev–Trinajstić information content (AvgIpc) is 3.38. The van der Waals surface area contributed by atoms with Crippen molar-refractivity contribution in [1.29, 1.82) is 0 Å². The Hall–Kier alpha value is -4.04. The number of aromatic nitrogens is 3. The van der Waals surface area contributed by atoms with Crippen molar-refractivity contribution >= 4 is 28.3 Å². The maximum absolute atomic E-state index is 13.3. The van der Waals surface area contributed by atoms with Gasteiger partial charge in [0.15, 0.2) is 5.69 Å². The van der Waals surface area contributed by atoms with Crippen LogP contribution < -0.4 is 10.6 Å². The third-order valence-corrected chi connectivity index (χ3v) is 5.98. The minimum Gasteiger partial charge on any atom is -0.381 e. The van der Waals surface area contributed by atoms with Gasteiger partial charge in [-0.1, -0.05) is 30.3 Å². The van der Waals surface area contributed by atoms with Gasteiger partial charge in [-0.15, -0.1) is 0 Å². The summed E-state index contributed by atoms with van der Waals surface area (Å²) in [5, 5.41) is 12.0. The Bertz CT molecular complexity index is 1310. The maximum Gasteiger partial charge on any atom is 0.272 e. The monoisotopic (exact) mass is 455 g/mol. The largest absolute Gasteiger partial charge is 0.381 e. The van der Waals surface area contributed by atoms with Crippen molar-refractivity contribution in [1.82, 2.24) is 20.1 Å². The van der Waals surface area contributed by atoms with E-state index in [-0.39, 0.29) is 23.6 Å². The summed E-state index contributed by atoms with van der Waals surface area (Å²) in [7, 11) is 0. The lowest BCUT2D eigenvalue weighted by Gasteiger charge is -2.23. The van der Waals surface area contributed by atoms with E-state index in [4.69, 9.17) is 4.74 Å². The molecule has 1 aliphatic rings. The number of hydrogen-bond donors (Lipinski definition) is 2. The third-order valence-electron chi connectivity index (χ3n) is 5.98. The molecule has 1 fully saturated rings. The predicted molar refractivity (Wildman–Crippen MR) is 129 cm³/mol. The molecule has 0 radical (unpaired) electrons. The van der Waals surface area contributed by atoms with Gasteiger partial charge >= 0.3 is 0 Å². The molecule has 0 bridgehead atoms. The van der Waals surface area contributed by atoms with Gasteiger partial charge in [0.25, 0.3) is 11.8 Å². The molecule has 5 rings (SSSR count). The quantitative estimate of drug-likeness (QED) is 0.463. The second-order valence-electron chi connectivity index (χ2n) is 8.24.